The number of amides is 1. The van der Waals surface area contributed by atoms with Crippen molar-refractivity contribution in [2.24, 2.45) is 0 Å². The number of carbonyl (C=O) groups excluding carboxylic acids is 1. The molecule has 0 fully saturated rings. The van der Waals surface area contributed by atoms with E-state index in [1.165, 1.54) is 4.90 Å². The van der Waals surface area contributed by atoms with E-state index in [4.69, 9.17) is 4.42 Å². The average molecular weight is 394 g/mol. The van der Waals surface area contributed by atoms with E-state index in [1.807, 2.05) is 12.1 Å². The molecule has 16 heavy (non-hydrogen) atoms. The standard InChI is InChI=1S/C11H9BrINO2/c1-14(2)11(15)9-4-6-3-7(13)5-8(12)10(6)16-9/h3-5H,1-2H3. The van der Waals surface area contributed by atoms with Crippen LogP contribution in [0.15, 0.2) is 27.1 Å². The number of nitrogens with zero attached hydrogens (tertiary/aromatic N) is 1. The van der Waals surface area contributed by atoms with Crippen LogP contribution in [0.3, 0.4) is 0 Å². The summed E-state index contributed by atoms with van der Waals surface area (Å²) in [6.45, 7) is 0. The Balaban J connectivity index is 2.60. The number of rotatable bonds is 1. The molecule has 0 bridgehead atoms. The van der Waals surface area contributed by atoms with Gasteiger partial charge in [-0.15, -0.1) is 0 Å². The van der Waals surface area contributed by atoms with Crippen molar-refractivity contribution < 1.29 is 9.21 Å². The van der Waals surface area contributed by atoms with Gasteiger partial charge in [-0.2, -0.15) is 0 Å². The minimum Gasteiger partial charge on any atom is -0.450 e. The zero-order valence-electron chi connectivity index (χ0n) is 8.75. The summed E-state index contributed by atoms with van der Waals surface area (Å²) in [6, 6.07) is 5.71. The summed E-state index contributed by atoms with van der Waals surface area (Å²) in [7, 11) is 3.41. The van der Waals surface area contributed by atoms with E-state index in [1.54, 1.807) is 20.2 Å². The second-order valence-corrected chi connectivity index (χ2v) is 5.72. The van der Waals surface area contributed by atoms with Crippen LogP contribution in [0.1, 0.15) is 10.6 Å². The number of fused-ring (bicyclic) bond motifs is 1. The molecule has 3 nitrogen and oxygen atoms in total. The van der Waals surface area contributed by atoms with E-state index in [-0.39, 0.29) is 5.91 Å². The molecule has 0 aliphatic rings. The maximum absolute atomic E-state index is 11.7. The van der Waals surface area contributed by atoms with E-state index in [0.29, 0.717) is 11.3 Å². The third kappa shape index (κ3) is 2.10. The van der Waals surface area contributed by atoms with Crippen molar-refractivity contribution in [2.75, 3.05) is 14.1 Å². The van der Waals surface area contributed by atoms with E-state index >= 15 is 0 Å². The van der Waals surface area contributed by atoms with Gasteiger partial charge in [0.25, 0.3) is 5.91 Å². The number of halogens is 2. The molecule has 1 heterocycles. The molecule has 2 aromatic rings. The van der Waals surface area contributed by atoms with Crippen molar-refractivity contribution in [2.45, 2.75) is 0 Å². The Labute approximate surface area is 115 Å². The molecule has 1 amide bonds. The summed E-state index contributed by atoms with van der Waals surface area (Å²) in [5.74, 6) is 0.237. The Bertz CT molecular complexity index is 562. The van der Waals surface area contributed by atoms with Crippen LogP contribution in [-0.4, -0.2) is 24.9 Å². The van der Waals surface area contributed by atoms with Crippen LogP contribution in [0.4, 0.5) is 0 Å². The Morgan fingerprint density at radius 1 is 1.38 bits per heavy atom. The fourth-order valence-electron chi connectivity index (χ4n) is 1.40. The molecular weight excluding hydrogens is 385 g/mol. The quantitative estimate of drug-likeness (QED) is 0.695. The molecule has 0 aliphatic carbocycles. The normalized spacial score (nSPS) is 10.8. The maximum Gasteiger partial charge on any atom is 0.289 e. The molecule has 0 atom stereocenters. The van der Waals surface area contributed by atoms with E-state index < -0.39 is 0 Å². The molecule has 5 heteroatoms. The Morgan fingerprint density at radius 3 is 2.69 bits per heavy atom. The zero-order valence-corrected chi connectivity index (χ0v) is 12.5. The average Bonchev–Trinajstić information content (AvgIpc) is 2.60. The van der Waals surface area contributed by atoms with E-state index in [0.717, 1.165) is 13.4 Å². The van der Waals surface area contributed by atoms with Gasteiger partial charge in [0.05, 0.1) is 4.47 Å². The number of hydrogen-bond donors (Lipinski definition) is 0. The molecule has 0 radical (unpaired) electrons. The van der Waals surface area contributed by atoms with Gasteiger partial charge in [0.15, 0.2) is 5.76 Å². The molecular formula is C11H9BrINO2. The number of carbonyl (C=O) groups is 1. The summed E-state index contributed by atoms with van der Waals surface area (Å²) >= 11 is 5.65. The molecule has 1 aromatic heterocycles. The number of benzene rings is 1. The van der Waals surface area contributed by atoms with Crippen molar-refractivity contribution in [1.29, 1.82) is 0 Å². The largest absolute Gasteiger partial charge is 0.450 e. The van der Waals surface area contributed by atoms with Gasteiger partial charge in [-0.25, -0.2) is 0 Å². The predicted octanol–water partition coefficient (Wildman–Crippen LogP) is 3.50. The Kier molecular flexibility index (Phi) is 3.25. The van der Waals surface area contributed by atoms with Gasteiger partial charge in [0.1, 0.15) is 5.58 Å². The highest BCUT2D eigenvalue weighted by atomic mass is 127. The minimum absolute atomic E-state index is 0.127. The van der Waals surface area contributed by atoms with Crippen LogP contribution >= 0.6 is 38.5 Å². The predicted molar refractivity (Wildman–Crippen MR) is 74.6 cm³/mol. The van der Waals surface area contributed by atoms with E-state index in [2.05, 4.69) is 38.5 Å². The molecule has 0 aliphatic heterocycles. The first-order valence-corrected chi connectivity index (χ1v) is 6.46. The van der Waals surface area contributed by atoms with Crippen LogP contribution in [0.5, 0.6) is 0 Å². The third-order valence-electron chi connectivity index (χ3n) is 2.15. The van der Waals surface area contributed by atoms with Crippen molar-refractivity contribution in [3.05, 3.63) is 32.0 Å². The lowest BCUT2D eigenvalue weighted by Gasteiger charge is -2.06. The second-order valence-electron chi connectivity index (χ2n) is 3.62. The smallest absolute Gasteiger partial charge is 0.289 e. The van der Waals surface area contributed by atoms with Crippen molar-refractivity contribution in [3.8, 4) is 0 Å². The van der Waals surface area contributed by atoms with Crippen LogP contribution in [0.2, 0.25) is 0 Å². The molecule has 0 spiro atoms. The first-order valence-electron chi connectivity index (χ1n) is 4.59. The lowest BCUT2D eigenvalue weighted by atomic mass is 10.2. The molecule has 0 unspecified atom stereocenters. The molecule has 1 aromatic carbocycles. The van der Waals surface area contributed by atoms with Gasteiger partial charge >= 0.3 is 0 Å². The molecule has 84 valence electrons. The van der Waals surface area contributed by atoms with Gasteiger partial charge in [-0.3, -0.25) is 4.79 Å². The summed E-state index contributed by atoms with van der Waals surface area (Å²) < 4.78 is 7.50. The highest BCUT2D eigenvalue weighted by Crippen LogP contribution is 2.29. The van der Waals surface area contributed by atoms with E-state index in [9.17, 15) is 4.79 Å². The first-order chi connectivity index (χ1) is 7.49. The Morgan fingerprint density at radius 2 is 2.06 bits per heavy atom. The highest BCUT2D eigenvalue weighted by Gasteiger charge is 2.15. The van der Waals surface area contributed by atoms with Gasteiger partial charge < -0.3 is 9.32 Å². The number of hydrogen-bond acceptors (Lipinski definition) is 2. The van der Waals surface area contributed by atoms with Gasteiger partial charge in [-0.1, -0.05) is 0 Å². The Hall–Kier alpha value is -0.560. The second kappa shape index (κ2) is 4.37. The lowest BCUT2D eigenvalue weighted by Crippen LogP contribution is -2.20. The monoisotopic (exact) mass is 393 g/mol. The fourth-order valence-corrected chi connectivity index (χ4v) is 3.03. The fraction of sp³-hybridized carbons (Fsp3) is 0.182. The van der Waals surface area contributed by atoms with Gasteiger partial charge in [0, 0.05) is 23.1 Å². The summed E-state index contributed by atoms with van der Waals surface area (Å²) in [5.41, 5.74) is 0.714. The van der Waals surface area contributed by atoms with Crippen molar-refractivity contribution in [1.82, 2.24) is 4.90 Å². The van der Waals surface area contributed by atoms with Crippen LogP contribution in [0, 0.1) is 3.57 Å². The lowest BCUT2D eigenvalue weighted by molar-refractivity contribution is 0.0799. The molecule has 0 saturated carbocycles. The van der Waals surface area contributed by atoms with Crippen molar-refractivity contribution in [3.63, 3.8) is 0 Å². The van der Waals surface area contributed by atoms with Crippen LogP contribution in [-0.2, 0) is 0 Å². The minimum atomic E-state index is -0.127. The SMILES string of the molecule is CN(C)C(=O)c1cc2cc(I)cc(Br)c2o1. The van der Waals surface area contributed by atoms with Crippen LogP contribution in [0.25, 0.3) is 11.0 Å². The molecule has 0 saturated heterocycles. The van der Waals surface area contributed by atoms with Gasteiger partial charge in [-0.05, 0) is 56.7 Å². The highest BCUT2D eigenvalue weighted by molar-refractivity contribution is 14.1. The van der Waals surface area contributed by atoms with Crippen LogP contribution < -0.4 is 0 Å². The zero-order chi connectivity index (χ0) is 11.9. The summed E-state index contributed by atoms with van der Waals surface area (Å²) in [5, 5.41) is 0.934. The number of furan rings is 1. The third-order valence-corrected chi connectivity index (χ3v) is 3.36. The van der Waals surface area contributed by atoms with Gasteiger partial charge in [0.2, 0.25) is 0 Å². The maximum atomic E-state index is 11.7. The molecule has 2 rings (SSSR count). The van der Waals surface area contributed by atoms with Crippen molar-refractivity contribution >= 4 is 55.4 Å². The molecule has 0 N–H and O–H groups in total. The summed E-state index contributed by atoms with van der Waals surface area (Å²) in [6.07, 6.45) is 0. The topological polar surface area (TPSA) is 33.5 Å². The summed E-state index contributed by atoms with van der Waals surface area (Å²) in [4.78, 5) is 13.2. The first kappa shape index (κ1) is 11.9.